The van der Waals surface area contributed by atoms with Gasteiger partial charge in [-0.05, 0) is 17.7 Å². The van der Waals surface area contributed by atoms with Gasteiger partial charge in [-0.3, -0.25) is 14.9 Å². The van der Waals surface area contributed by atoms with Crippen molar-refractivity contribution in [3.8, 4) is 5.75 Å². The van der Waals surface area contributed by atoms with E-state index in [4.69, 9.17) is 4.74 Å². The summed E-state index contributed by atoms with van der Waals surface area (Å²) in [7, 11) is 1.58. The highest BCUT2D eigenvalue weighted by Crippen LogP contribution is 2.26. The lowest BCUT2D eigenvalue weighted by Gasteiger charge is -2.36. The van der Waals surface area contributed by atoms with Gasteiger partial charge in [-0.2, -0.15) is 0 Å². The van der Waals surface area contributed by atoms with Crippen LogP contribution in [0.3, 0.4) is 0 Å². The van der Waals surface area contributed by atoms with Crippen molar-refractivity contribution in [2.24, 2.45) is 0 Å². The van der Waals surface area contributed by atoms with Gasteiger partial charge in [0.2, 0.25) is 11.8 Å². The van der Waals surface area contributed by atoms with Crippen LogP contribution < -0.4 is 10.1 Å². The predicted molar refractivity (Wildman–Crippen MR) is 98.5 cm³/mol. The first-order valence-electron chi connectivity index (χ1n) is 8.69. The monoisotopic (exact) mass is 403 g/mol. The first-order valence-corrected chi connectivity index (χ1v) is 8.69. The van der Waals surface area contributed by atoms with Gasteiger partial charge in [-0.25, -0.2) is 8.78 Å². The van der Waals surface area contributed by atoms with E-state index >= 15 is 0 Å². The second-order valence-electron chi connectivity index (χ2n) is 6.73. The molecule has 1 unspecified atom stereocenters. The topological polar surface area (TPSA) is 61.9 Å². The Kier molecular flexibility index (Phi) is 7.00. The van der Waals surface area contributed by atoms with Gasteiger partial charge in [-0.15, -0.1) is 12.4 Å². The number of nitrogens with zero attached hydrogens (tertiary/aromatic N) is 2. The summed E-state index contributed by atoms with van der Waals surface area (Å²) < 4.78 is 31.7. The molecule has 2 fully saturated rings. The van der Waals surface area contributed by atoms with E-state index < -0.39 is 24.9 Å². The fourth-order valence-electron chi connectivity index (χ4n) is 3.36. The van der Waals surface area contributed by atoms with E-state index in [1.165, 1.54) is 0 Å². The fourth-order valence-corrected chi connectivity index (χ4v) is 3.36. The van der Waals surface area contributed by atoms with E-state index in [2.05, 4.69) is 5.32 Å². The average molecular weight is 404 g/mol. The van der Waals surface area contributed by atoms with Gasteiger partial charge in [0.15, 0.2) is 0 Å². The molecule has 1 atom stereocenters. The summed E-state index contributed by atoms with van der Waals surface area (Å²) in [5.74, 6) is -2.45. The first-order chi connectivity index (χ1) is 12.4. The standard InChI is InChI=1S/C18H23F2N3O3.ClH/c1-26-14-4-2-3-13(9-14)10-16(24)22-5-7-23(8-6-22)17(25)15-11-18(19,20)12-21-15;/h2-4,9,15,21H,5-8,10-12H2,1H3;1H. The Bertz CT molecular complexity index is 682. The van der Waals surface area contributed by atoms with Crippen molar-refractivity contribution >= 4 is 24.2 Å². The molecule has 27 heavy (non-hydrogen) atoms. The number of benzene rings is 1. The smallest absolute Gasteiger partial charge is 0.262 e. The van der Waals surface area contributed by atoms with Crippen LogP contribution in [0.15, 0.2) is 24.3 Å². The lowest BCUT2D eigenvalue weighted by molar-refractivity contribution is -0.140. The van der Waals surface area contributed by atoms with Gasteiger partial charge in [0.05, 0.1) is 26.1 Å². The maximum absolute atomic E-state index is 13.3. The van der Waals surface area contributed by atoms with Gasteiger partial charge in [0, 0.05) is 32.6 Å². The molecule has 0 radical (unpaired) electrons. The third kappa shape index (κ3) is 5.29. The zero-order valence-corrected chi connectivity index (χ0v) is 15.9. The van der Waals surface area contributed by atoms with Gasteiger partial charge < -0.3 is 14.5 Å². The Hall–Kier alpha value is -1.93. The normalized spacial score (nSPS) is 21.5. The number of carbonyl (C=O) groups excluding carboxylic acids is 2. The lowest BCUT2D eigenvalue weighted by Crippen LogP contribution is -2.54. The van der Waals surface area contributed by atoms with Crippen molar-refractivity contribution in [1.82, 2.24) is 15.1 Å². The number of amides is 2. The Labute approximate surface area is 163 Å². The fraction of sp³-hybridized carbons (Fsp3) is 0.556. The summed E-state index contributed by atoms with van der Waals surface area (Å²) in [5, 5.41) is 2.59. The molecule has 0 aromatic heterocycles. The molecule has 9 heteroatoms. The maximum atomic E-state index is 13.3. The minimum absolute atomic E-state index is 0. The maximum Gasteiger partial charge on any atom is 0.262 e. The third-order valence-electron chi connectivity index (χ3n) is 4.84. The molecular formula is C18H24ClF2N3O3. The minimum Gasteiger partial charge on any atom is -0.497 e. The molecule has 150 valence electrons. The molecule has 1 N–H and O–H groups in total. The van der Waals surface area contributed by atoms with Crippen LogP contribution in [0.2, 0.25) is 0 Å². The summed E-state index contributed by atoms with van der Waals surface area (Å²) in [6.45, 7) is 1.11. The van der Waals surface area contributed by atoms with Crippen molar-refractivity contribution < 1.29 is 23.1 Å². The van der Waals surface area contributed by atoms with Crippen molar-refractivity contribution in [1.29, 1.82) is 0 Å². The van der Waals surface area contributed by atoms with Crippen LogP contribution in [0.4, 0.5) is 8.78 Å². The molecule has 6 nitrogen and oxygen atoms in total. The van der Waals surface area contributed by atoms with E-state index in [1.807, 2.05) is 24.3 Å². The van der Waals surface area contributed by atoms with Crippen LogP contribution in [-0.2, 0) is 16.0 Å². The number of carbonyl (C=O) groups is 2. The van der Waals surface area contributed by atoms with Crippen LogP contribution in [0.25, 0.3) is 0 Å². The molecule has 2 heterocycles. The highest BCUT2D eigenvalue weighted by atomic mass is 35.5. The van der Waals surface area contributed by atoms with Crippen molar-refractivity contribution in [2.75, 3.05) is 39.8 Å². The molecule has 0 bridgehead atoms. The number of hydrogen-bond donors (Lipinski definition) is 1. The molecule has 2 aliphatic rings. The van der Waals surface area contributed by atoms with Crippen molar-refractivity contribution in [3.05, 3.63) is 29.8 Å². The lowest BCUT2D eigenvalue weighted by atomic mass is 10.1. The van der Waals surface area contributed by atoms with E-state index in [9.17, 15) is 18.4 Å². The molecule has 2 amide bonds. The minimum atomic E-state index is -2.82. The first kappa shape index (κ1) is 21.4. The number of nitrogens with one attached hydrogen (secondary N) is 1. The molecule has 1 aromatic carbocycles. The summed E-state index contributed by atoms with van der Waals surface area (Å²) in [6, 6.07) is 6.51. The van der Waals surface area contributed by atoms with Gasteiger partial charge in [0.25, 0.3) is 5.92 Å². The van der Waals surface area contributed by atoms with E-state index in [-0.39, 0.29) is 30.6 Å². The van der Waals surface area contributed by atoms with E-state index in [0.29, 0.717) is 31.9 Å². The molecule has 1 aromatic rings. The van der Waals surface area contributed by atoms with Crippen LogP contribution in [0.1, 0.15) is 12.0 Å². The van der Waals surface area contributed by atoms with Crippen molar-refractivity contribution in [3.63, 3.8) is 0 Å². The SMILES string of the molecule is COc1cccc(CC(=O)N2CCN(C(=O)C3CC(F)(F)CN3)CC2)c1.Cl. The zero-order valence-electron chi connectivity index (χ0n) is 15.1. The zero-order chi connectivity index (χ0) is 18.7. The van der Waals surface area contributed by atoms with Crippen LogP contribution in [-0.4, -0.2) is 73.4 Å². The Morgan fingerprint density at radius 2 is 1.89 bits per heavy atom. The number of methoxy groups -OCH3 is 1. The highest BCUT2D eigenvalue weighted by Gasteiger charge is 2.43. The molecular weight excluding hydrogens is 380 g/mol. The number of ether oxygens (including phenoxy) is 1. The second-order valence-corrected chi connectivity index (χ2v) is 6.73. The van der Waals surface area contributed by atoms with Crippen LogP contribution >= 0.6 is 12.4 Å². The second kappa shape index (κ2) is 8.84. The largest absolute Gasteiger partial charge is 0.497 e. The summed E-state index contributed by atoms with van der Waals surface area (Å²) >= 11 is 0. The molecule has 2 saturated heterocycles. The number of piperazine rings is 1. The Morgan fingerprint density at radius 1 is 1.22 bits per heavy atom. The Morgan fingerprint density at radius 3 is 2.48 bits per heavy atom. The Balaban J connectivity index is 0.00000261. The molecule has 2 aliphatic heterocycles. The number of hydrogen-bond acceptors (Lipinski definition) is 4. The summed E-state index contributed by atoms with van der Waals surface area (Å²) in [6.07, 6.45) is -0.192. The average Bonchev–Trinajstić information content (AvgIpc) is 3.01. The highest BCUT2D eigenvalue weighted by molar-refractivity contribution is 5.85. The number of halogens is 3. The third-order valence-corrected chi connectivity index (χ3v) is 4.84. The van der Waals surface area contributed by atoms with Gasteiger partial charge in [0.1, 0.15) is 5.75 Å². The van der Waals surface area contributed by atoms with E-state index in [0.717, 1.165) is 5.56 Å². The summed E-state index contributed by atoms with van der Waals surface area (Å²) in [4.78, 5) is 28.1. The van der Waals surface area contributed by atoms with Crippen LogP contribution in [0, 0.1) is 0 Å². The number of alkyl halides is 2. The van der Waals surface area contributed by atoms with Crippen LogP contribution in [0.5, 0.6) is 5.75 Å². The van der Waals surface area contributed by atoms with E-state index in [1.54, 1.807) is 16.9 Å². The molecule has 3 rings (SSSR count). The van der Waals surface area contributed by atoms with Gasteiger partial charge in [-0.1, -0.05) is 12.1 Å². The van der Waals surface area contributed by atoms with Gasteiger partial charge >= 0.3 is 0 Å². The quantitative estimate of drug-likeness (QED) is 0.824. The number of rotatable bonds is 4. The predicted octanol–water partition coefficient (Wildman–Crippen LogP) is 1.33. The summed E-state index contributed by atoms with van der Waals surface area (Å²) in [5.41, 5.74) is 0.866. The molecule has 0 spiro atoms. The molecule has 0 saturated carbocycles. The molecule has 0 aliphatic carbocycles. The van der Waals surface area contributed by atoms with Crippen molar-refractivity contribution in [2.45, 2.75) is 24.8 Å².